The highest BCUT2D eigenvalue weighted by Gasteiger charge is 2.47. The number of carbonyl (C=O) groups excluding carboxylic acids is 1. The maximum absolute atomic E-state index is 13.4. The zero-order valence-electron chi connectivity index (χ0n) is 17.7. The number of aryl methyl sites for hydroxylation is 1. The number of halogens is 1. The number of nitrogens with zero attached hydrogens (tertiary/aromatic N) is 3. The number of rotatable bonds is 1. The predicted molar refractivity (Wildman–Crippen MR) is 109 cm³/mol. The van der Waals surface area contributed by atoms with E-state index in [1.807, 2.05) is 32.6 Å². The number of benzene rings is 1. The van der Waals surface area contributed by atoms with Gasteiger partial charge in [0.2, 0.25) is 0 Å². The molecular weight excluding hydrogens is 369 g/mol. The van der Waals surface area contributed by atoms with Gasteiger partial charge in [0.25, 0.3) is 0 Å². The molecule has 2 aliphatic heterocycles. The van der Waals surface area contributed by atoms with Crippen LogP contribution in [0.4, 0.5) is 9.18 Å². The van der Waals surface area contributed by atoms with Gasteiger partial charge in [0.1, 0.15) is 17.2 Å². The van der Waals surface area contributed by atoms with Crippen molar-refractivity contribution >= 4 is 6.09 Å². The van der Waals surface area contributed by atoms with E-state index in [1.54, 1.807) is 12.1 Å². The highest BCUT2D eigenvalue weighted by atomic mass is 19.1. The molecule has 0 unspecified atom stereocenters. The summed E-state index contributed by atoms with van der Waals surface area (Å²) in [6, 6.07) is 6.36. The first-order valence-electron chi connectivity index (χ1n) is 10.3. The average molecular weight is 397 g/mol. The maximum atomic E-state index is 13.4. The molecule has 5 nitrogen and oxygen atoms in total. The predicted octanol–water partition coefficient (Wildman–Crippen LogP) is 5.22. The van der Waals surface area contributed by atoms with Crippen LogP contribution in [0.1, 0.15) is 63.7 Å². The molecule has 1 amide bonds. The van der Waals surface area contributed by atoms with E-state index < -0.39 is 5.60 Å². The van der Waals surface area contributed by atoms with E-state index in [4.69, 9.17) is 14.7 Å². The summed E-state index contributed by atoms with van der Waals surface area (Å²) in [5, 5.41) is 0. The third kappa shape index (κ3) is 3.72. The van der Waals surface area contributed by atoms with Crippen molar-refractivity contribution in [2.45, 2.75) is 71.6 Å². The molecule has 1 saturated heterocycles. The highest BCUT2D eigenvalue weighted by molar-refractivity contribution is 5.72. The fourth-order valence-electron chi connectivity index (χ4n) is 4.58. The van der Waals surface area contributed by atoms with Gasteiger partial charge in [0.15, 0.2) is 0 Å². The van der Waals surface area contributed by atoms with Crippen molar-refractivity contribution in [1.82, 2.24) is 14.9 Å². The topological polar surface area (TPSA) is 55.3 Å². The number of ether oxygens (including phenoxy) is 1. The van der Waals surface area contributed by atoms with Crippen molar-refractivity contribution in [3.8, 4) is 11.3 Å². The quantitative estimate of drug-likeness (QED) is 0.662. The first kappa shape index (κ1) is 19.8. The van der Waals surface area contributed by atoms with Crippen molar-refractivity contribution < 1.29 is 13.9 Å². The normalized spacial score (nSPS) is 23.5. The van der Waals surface area contributed by atoms with Gasteiger partial charge in [-0.25, -0.2) is 19.2 Å². The Balaban J connectivity index is 1.82. The van der Waals surface area contributed by atoms with Crippen molar-refractivity contribution in [3.63, 3.8) is 0 Å². The number of piperidine rings is 1. The van der Waals surface area contributed by atoms with Gasteiger partial charge in [-0.2, -0.15) is 0 Å². The molecule has 0 aliphatic carbocycles. The van der Waals surface area contributed by atoms with Gasteiger partial charge >= 0.3 is 6.09 Å². The van der Waals surface area contributed by atoms with Gasteiger partial charge in [-0.15, -0.1) is 0 Å². The molecule has 1 aromatic carbocycles. The van der Waals surface area contributed by atoms with Crippen LogP contribution in [0.3, 0.4) is 0 Å². The minimum atomic E-state index is -0.546. The second-order valence-electron chi connectivity index (χ2n) is 9.24. The molecule has 29 heavy (non-hydrogen) atoms. The molecule has 2 bridgehead atoms. The maximum Gasteiger partial charge on any atom is 0.411 e. The summed E-state index contributed by atoms with van der Waals surface area (Å²) in [6.45, 7) is 9.70. The first-order chi connectivity index (χ1) is 13.6. The second kappa shape index (κ2) is 7.08. The Kier molecular flexibility index (Phi) is 4.83. The van der Waals surface area contributed by atoms with E-state index in [9.17, 15) is 9.18 Å². The van der Waals surface area contributed by atoms with Crippen LogP contribution in [0, 0.1) is 18.7 Å². The Morgan fingerprint density at radius 3 is 2.52 bits per heavy atom. The van der Waals surface area contributed by atoms with E-state index in [-0.39, 0.29) is 29.9 Å². The fraction of sp³-hybridized carbons (Fsp3) is 0.522. The molecule has 4 rings (SSSR count). The zero-order chi connectivity index (χ0) is 20.9. The SMILES string of the molecule is Cc1nc(-c2ccc(F)cc2)c2c(n1)[C@H]1[C@H](C)CC[C@@H](C2)N1C(=O)OC(C)(C)C. The number of aromatic nitrogens is 2. The second-order valence-corrected chi connectivity index (χ2v) is 9.24. The molecular formula is C23H28FN3O2. The van der Waals surface area contributed by atoms with Crippen LogP contribution in [-0.2, 0) is 11.2 Å². The van der Waals surface area contributed by atoms with Crippen LogP contribution in [0.5, 0.6) is 0 Å². The third-order valence-electron chi connectivity index (χ3n) is 5.78. The lowest BCUT2D eigenvalue weighted by Crippen LogP contribution is -2.54. The van der Waals surface area contributed by atoms with Crippen LogP contribution in [-0.4, -0.2) is 32.6 Å². The first-order valence-corrected chi connectivity index (χ1v) is 10.3. The summed E-state index contributed by atoms with van der Waals surface area (Å²) in [5.41, 5.74) is 3.16. The molecule has 3 heterocycles. The molecule has 3 atom stereocenters. The van der Waals surface area contributed by atoms with Crippen molar-refractivity contribution in [2.75, 3.05) is 0 Å². The number of fused-ring (bicyclic) bond motifs is 4. The van der Waals surface area contributed by atoms with Crippen molar-refractivity contribution in [1.29, 1.82) is 0 Å². The van der Waals surface area contributed by atoms with Gasteiger partial charge in [0.05, 0.1) is 17.4 Å². The number of carbonyl (C=O) groups is 1. The summed E-state index contributed by atoms with van der Waals surface area (Å²) < 4.78 is 19.2. The number of amides is 1. The highest BCUT2D eigenvalue weighted by Crippen LogP contribution is 2.46. The molecule has 154 valence electrons. The average Bonchev–Trinajstić information content (AvgIpc) is 2.63. The van der Waals surface area contributed by atoms with Crippen molar-refractivity contribution in [2.24, 2.45) is 5.92 Å². The molecule has 0 spiro atoms. The van der Waals surface area contributed by atoms with Crippen LogP contribution >= 0.6 is 0 Å². The smallest absolute Gasteiger partial charge is 0.411 e. The summed E-state index contributed by atoms with van der Waals surface area (Å²) in [7, 11) is 0. The Hall–Kier alpha value is -2.50. The van der Waals surface area contributed by atoms with Gasteiger partial charge in [-0.1, -0.05) is 6.92 Å². The minimum absolute atomic E-state index is 0.0593. The molecule has 0 radical (unpaired) electrons. The fourth-order valence-corrected chi connectivity index (χ4v) is 4.58. The van der Waals surface area contributed by atoms with Crippen LogP contribution in [0.15, 0.2) is 24.3 Å². The number of hydrogen-bond donors (Lipinski definition) is 0. The van der Waals surface area contributed by atoms with Crippen LogP contribution in [0.2, 0.25) is 0 Å². The monoisotopic (exact) mass is 397 g/mol. The van der Waals surface area contributed by atoms with E-state index in [2.05, 4.69) is 6.92 Å². The minimum Gasteiger partial charge on any atom is -0.444 e. The van der Waals surface area contributed by atoms with E-state index in [0.29, 0.717) is 12.2 Å². The lowest BCUT2D eigenvalue weighted by atomic mass is 9.76. The lowest BCUT2D eigenvalue weighted by Gasteiger charge is -2.49. The molecule has 2 aliphatic rings. The Morgan fingerprint density at radius 2 is 1.86 bits per heavy atom. The van der Waals surface area contributed by atoms with Gasteiger partial charge in [-0.05, 0) is 77.1 Å². The van der Waals surface area contributed by atoms with Crippen molar-refractivity contribution in [3.05, 3.63) is 47.2 Å². The molecule has 1 aromatic heterocycles. The van der Waals surface area contributed by atoms with Gasteiger partial charge in [0, 0.05) is 17.2 Å². The van der Waals surface area contributed by atoms with E-state index in [1.165, 1.54) is 12.1 Å². The van der Waals surface area contributed by atoms with Crippen LogP contribution < -0.4 is 0 Å². The molecule has 6 heteroatoms. The molecule has 1 fully saturated rings. The van der Waals surface area contributed by atoms with E-state index >= 15 is 0 Å². The van der Waals surface area contributed by atoms with Gasteiger partial charge < -0.3 is 4.74 Å². The summed E-state index contributed by atoms with van der Waals surface area (Å²) in [4.78, 5) is 24.5. The molecule has 0 saturated carbocycles. The summed E-state index contributed by atoms with van der Waals surface area (Å²) >= 11 is 0. The Morgan fingerprint density at radius 1 is 1.17 bits per heavy atom. The van der Waals surface area contributed by atoms with E-state index in [0.717, 1.165) is 35.4 Å². The summed E-state index contributed by atoms with van der Waals surface area (Å²) in [6.07, 6.45) is 2.38. The van der Waals surface area contributed by atoms with Crippen LogP contribution in [0.25, 0.3) is 11.3 Å². The Labute approximate surface area is 171 Å². The standard InChI is InChI=1S/C23H28FN3O2/c1-13-6-11-17-12-18-19(15-7-9-16(24)10-8-15)25-14(2)26-20(18)21(13)27(17)22(28)29-23(3,4)5/h7-10,13,17,21H,6,11-12H2,1-5H3/t13-,17+,21-/m1/s1. The molecule has 0 N–H and O–H groups in total. The third-order valence-corrected chi connectivity index (χ3v) is 5.78. The largest absolute Gasteiger partial charge is 0.444 e. The lowest BCUT2D eigenvalue weighted by molar-refractivity contribution is -0.0227. The Bertz CT molecular complexity index is 936. The molecule has 2 aromatic rings. The zero-order valence-corrected chi connectivity index (χ0v) is 17.7. The summed E-state index contributed by atoms with van der Waals surface area (Å²) in [5.74, 6) is 0.659. The number of hydrogen-bond acceptors (Lipinski definition) is 4. The van der Waals surface area contributed by atoms with Gasteiger partial charge in [-0.3, -0.25) is 4.90 Å².